The van der Waals surface area contributed by atoms with Gasteiger partial charge in [0.1, 0.15) is 0 Å². The summed E-state index contributed by atoms with van der Waals surface area (Å²) >= 11 is 5.73. The van der Waals surface area contributed by atoms with E-state index in [0.717, 1.165) is 0 Å². The number of hydrogen-bond acceptors (Lipinski definition) is 3. The lowest BCUT2D eigenvalue weighted by Gasteiger charge is -2.19. The molecule has 1 atom stereocenters. The van der Waals surface area contributed by atoms with E-state index in [1.807, 2.05) is 13.8 Å². The van der Waals surface area contributed by atoms with Crippen LogP contribution in [0.2, 0.25) is 5.02 Å². The van der Waals surface area contributed by atoms with E-state index in [4.69, 9.17) is 16.7 Å². The molecule has 0 aliphatic heterocycles. The normalized spacial score (nSPS) is 12.1. The minimum atomic E-state index is -0.345. The van der Waals surface area contributed by atoms with Gasteiger partial charge in [-0.2, -0.15) is 0 Å². The Morgan fingerprint density at radius 1 is 1.25 bits per heavy atom. The Hall–Kier alpha value is -1.59. The Balaban J connectivity index is 2.44. The predicted molar refractivity (Wildman–Crippen MR) is 77.6 cm³/mol. The molecule has 0 unspecified atom stereocenters. The molecule has 0 saturated heterocycles. The molecule has 110 valence electrons. The minimum Gasteiger partial charge on any atom is -0.394 e. The molecule has 0 aliphatic rings. The topological polar surface area (TPSA) is 78.4 Å². The van der Waals surface area contributed by atoms with Gasteiger partial charge in [0, 0.05) is 10.6 Å². The van der Waals surface area contributed by atoms with E-state index >= 15 is 0 Å². The molecule has 0 aromatic heterocycles. The van der Waals surface area contributed by atoms with Gasteiger partial charge in [-0.3, -0.25) is 9.59 Å². The van der Waals surface area contributed by atoms with Crippen LogP contribution in [0.5, 0.6) is 0 Å². The quantitative estimate of drug-likeness (QED) is 0.738. The van der Waals surface area contributed by atoms with Crippen LogP contribution in [0.25, 0.3) is 0 Å². The van der Waals surface area contributed by atoms with Crippen molar-refractivity contribution in [3.63, 3.8) is 0 Å². The molecular weight excluding hydrogens is 280 g/mol. The lowest BCUT2D eigenvalue weighted by Crippen LogP contribution is -2.45. The second-order valence-corrected chi connectivity index (χ2v) is 5.23. The Morgan fingerprint density at radius 2 is 1.85 bits per heavy atom. The summed E-state index contributed by atoms with van der Waals surface area (Å²) < 4.78 is 0. The summed E-state index contributed by atoms with van der Waals surface area (Å²) in [6.07, 6.45) is 0. The first-order valence-electron chi connectivity index (χ1n) is 6.38. The molecule has 0 heterocycles. The van der Waals surface area contributed by atoms with Crippen LogP contribution in [0.15, 0.2) is 24.3 Å². The predicted octanol–water partition coefficient (Wildman–Crippen LogP) is 1.20. The maximum Gasteiger partial charge on any atom is 0.251 e. The summed E-state index contributed by atoms with van der Waals surface area (Å²) in [7, 11) is 0. The van der Waals surface area contributed by atoms with Crippen LogP contribution in [-0.2, 0) is 4.79 Å². The van der Waals surface area contributed by atoms with E-state index in [2.05, 4.69) is 10.6 Å². The summed E-state index contributed by atoms with van der Waals surface area (Å²) in [6, 6.07) is 6.07. The van der Waals surface area contributed by atoms with Gasteiger partial charge in [-0.15, -0.1) is 0 Å². The maximum atomic E-state index is 11.8. The Bertz CT molecular complexity index is 460. The Labute approximate surface area is 123 Å². The van der Waals surface area contributed by atoms with E-state index < -0.39 is 0 Å². The van der Waals surface area contributed by atoms with Gasteiger partial charge in [0.15, 0.2) is 0 Å². The van der Waals surface area contributed by atoms with Crippen LogP contribution in [-0.4, -0.2) is 36.1 Å². The number of carbonyl (C=O) groups is 2. The highest BCUT2D eigenvalue weighted by Gasteiger charge is 2.15. The van der Waals surface area contributed by atoms with Gasteiger partial charge in [0.25, 0.3) is 5.91 Å². The number of benzene rings is 1. The first-order valence-corrected chi connectivity index (χ1v) is 6.75. The van der Waals surface area contributed by atoms with Gasteiger partial charge < -0.3 is 15.7 Å². The highest BCUT2D eigenvalue weighted by molar-refractivity contribution is 6.30. The Kier molecular flexibility index (Phi) is 6.48. The highest BCUT2D eigenvalue weighted by Crippen LogP contribution is 2.09. The number of carbonyl (C=O) groups excluding carboxylic acids is 2. The van der Waals surface area contributed by atoms with Gasteiger partial charge in [-0.25, -0.2) is 0 Å². The molecule has 5 nitrogen and oxygen atoms in total. The molecule has 0 bridgehead atoms. The number of nitrogens with one attached hydrogen (secondary N) is 2. The fourth-order valence-corrected chi connectivity index (χ4v) is 1.67. The lowest BCUT2D eigenvalue weighted by molar-refractivity contribution is -0.121. The van der Waals surface area contributed by atoms with Crippen molar-refractivity contribution >= 4 is 23.4 Å². The summed E-state index contributed by atoms with van der Waals surface area (Å²) in [5.41, 5.74) is 0.435. The molecule has 20 heavy (non-hydrogen) atoms. The molecule has 1 aromatic carbocycles. The molecule has 0 aliphatic carbocycles. The van der Waals surface area contributed by atoms with Crippen molar-refractivity contribution in [2.45, 2.75) is 19.9 Å². The van der Waals surface area contributed by atoms with Gasteiger partial charge >= 0.3 is 0 Å². The van der Waals surface area contributed by atoms with Gasteiger partial charge in [0.05, 0.1) is 19.2 Å². The molecule has 3 N–H and O–H groups in total. The summed E-state index contributed by atoms with van der Waals surface area (Å²) in [4.78, 5) is 23.4. The summed E-state index contributed by atoms with van der Waals surface area (Å²) in [6.45, 7) is 3.53. The zero-order chi connectivity index (χ0) is 15.1. The van der Waals surface area contributed by atoms with Crippen LogP contribution in [0, 0.1) is 5.92 Å². The van der Waals surface area contributed by atoms with E-state index in [9.17, 15) is 9.59 Å². The zero-order valence-electron chi connectivity index (χ0n) is 11.5. The monoisotopic (exact) mass is 298 g/mol. The fraction of sp³-hybridized carbons (Fsp3) is 0.429. The van der Waals surface area contributed by atoms with Crippen molar-refractivity contribution in [2.24, 2.45) is 5.92 Å². The average Bonchev–Trinajstić information content (AvgIpc) is 2.42. The molecule has 1 rings (SSSR count). The maximum absolute atomic E-state index is 11.8. The van der Waals surface area contributed by atoms with Crippen LogP contribution >= 0.6 is 11.6 Å². The van der Waals surface area contributed by atoms with E-state index in [1.165, 1.54) is 0 Å². The number of halogens is 1. The van der Waals surface area contributed by atoms with Crippen molar-refractivity contribution in [1.82, 2.24) is 10.6 Å². The third-order valence-electron chi connectivity index (χ3n) is 2.86. The van der Waals surface area contributed by atoms with E-state index in [0.29, 0.717) is 10.6 Å². The number of rotatable bonds is 6. The van der Waals surface area contributed by atoms with Crippen molar-refractivity contribution in [1.29, 1.82) is 0 Å². The first kappa shape index (κ1) is 16.5. The third kappa shape index (κ3) is 5.19. The molecule has 6 heteroatoms. The third-order valence-corrected chi connectivity index (χ3v) is 3.12. The largest absolute Gasteiger partial charge is 0.394 e. The van der Waals surface area contributed by atoms with Crippen LogP contribution in [0.3, 0.4) is 0 Å². The van der Waals surface area contributed by atoms with Crippen LogP contribution < -0.4 is 10.6 Å². The van der Waals surface area contributed by atoms with Crippen LogP contribution in [0.4, 0.5) is 0 Å². The van der Waals surface area contributed by atoms with E-state index in [1.54, 1.807) is 24.3 Å². The first-order chi connectivity index (χ1) is 9.43. The van der Waals surface area contributed by atoms with Crippen LogP contribution in [0.1, 0.15) is 24.2 Å². The van der Waals surface area contributed by atoms with Crippen molar-refractivity contribution in [3.8, 4) is 0 Å². The fourth-order valence-electron chi connectivity index (χ4n) is 1.54. The van der Waals surface area contributed by atoms with Crippen molar-refractivity contribution in [3.05, 3.63) is 34.9 Å². The smallest absolute Gasteiger partial charge is 0.251 e. The van der Waals surface area contributed by atoms with Crippen molar-refractivity contribution < 1.29 is 14.7 Å². The molecule has 0 spiro atoms. The standard InChI is InChI=1S/C14H19ClN2O3/c1-9(2)12(8-18)17-13(19)7-16-14(20)10-3-5-11(15)6-4-10/h3-6,9,12,18H,7-8H2,1-2H3,(H,16,20)(H,17,19)/t12-/m1/s1. The Morgan fingerprint density at radius 3 is 2.35 bits per heavy atom. The second kappa shape index (κ2) is 7.87. The zero-order valence-corrected chi connectivity index (χ0v) is 12.3. The molecule has 0 radical (unpaired) electrons. The van der Waals surface area contributed by atoms with Gasteiger partial charge in [-0.1, -0.05) is 25.4 Å². The molecular formula is C14H19ClN2O3. The highest BCUT2D eigenvalue weighted by atomic mass is 35.5. The number of amides is 2. The molecule has 0 fully saturated rings. The molecule has 0 saturated carbocycles. The van der Waals surface area contributed by atoms with E-state index in [-0.39, 0.29) is 36.9 Å². The van der Waals surface area contributed by atoms with Gasteiger partial charge in [0.2, 0.25) is 5.91 Å². The van der Waals surface area contributed by atoms with Gasteiger partial charge in [-0.05, 0) is 30.2 Å². The number of aliphatic hydroxyl groups is 1. The lowest BCUT2D eigenvalue weighted by atomic mass is 10.1. The molecule has 1 aromatic rings. The summed E-state index contributed by atoms with van der Waals surface area (Å²) in [5, 5.41) is 14.8. The van der Waals surface area contributed by atoms with Crippen molar-refractivity contribution in [2.75, 3.05) is 13.2 Å². The molecule has 2 amide bonds. The second-order valence-electron chi connectivity index (χ2n) is 4.79. The number of aliphatic hydroxyl groups excluding tert-OH is 1. The summed E-state index contributed by atoms with van der Waals surface area (Å²) in [5.74, 6) is -0.558. The SMILES string of the molecule is CC(C)[C@@H](CO)NC(=O)CNC(=O)c1ccc(Cl)cc1. The minimum absolute atomic E-state index is 0.121. The number of hydrogen-bond donors (Lipinski definition) is 3. The average molecular weight is 299 g/mol.